The summed E-state index contributed by atoms with van der Waals surface area (Å²) < 4.78 is 1.14. The minimum atomic E-state index is -0.299. The summed E-state index contributed by atoms with van der Waals surface area (Å²) in [6.45, 7) is 4.14. The van der Waals surface area contributed by atoms with Gasteiger partial charge in [-0.2, -0.15) is 5.10 Å². The topological polar surface area (TPSA) is 87.5 Å². The van der Waals surface area contributed by atoms with Crippen molar-refractivity contribution >= 4 is 23.2 Å². The van der Waals surface area contributed by atoms with E-state index in [0.29, 0.717) is 26.2 Å². The first-order valence-electron chi connectivity index (χ1n) is 8.42. The van der Waals surface area contributed by atoms with Gasteiger partial charge in [0.1, 0.15) is 5.69 Å². The molecule has 0 atom stereocenters. The highest BCUT2D eigenvalue weighted by molar-refractivity contribution is 7.12. The quantitative estimate of drug-likeness (QED) is 0.797. The molecule has 2 aromatic heterocycles. The molecular weight excluding hydrogens is 354 g/mol. The summed E-state index contributed by atoms with van der Waals surface area (Å²) in [5.41, 5.74) is -0.0324. The maximum atomic E-state index is 12.3. The van der Waals surface area contributed by atoms with E-state index in [0.717, 1.165) is 22.6 Å². The molecule has 26 heavy (non-hydrogen) atoms. The second-order valence-corrected chi connectivity index (χ2v) is 7.00. The molecule has 1 aliphatic heterocycles. The molecule has 0 radical (unpaired) electrons. The number of nitrogens with zero attached hydrogens (tertiary/aromatic N) is 4. The molecule has 1 saturated heterocycles. The average molecular weight is 375 g/mol. The minimum Gasteiger partial charge on any atom is -0.349 e. The molecule has 0 aromatic carbocycles. The van der Waals surface area contributed by atoms with Gasteiger partial charge in [-0.1, -0.05) is 6.07 Å². The Morgan fingerprint density at radius 1 is 1.19 bits per heavy atom. The van der Waals surface area contributed by atoms with Crippen LogP contribution in [0.2, 0.25) is 0 Å². The van der Waals surface area contributed by atoms with E-state index in [1.807, 2.05) is 22.4 Å². The molecule has 0 bridgehead atoms. The molecule has 2 amide bonds. The normalized spacial score (nSPS) is 15.0. The summed E-state index contributed by atoms with van der Waals surface area (Å²) in [5.74, 6) is -0.208. The van der Waals surface area contributed by atoms with Gasteiger partial charge in [0, 0.05) is 52.4 Å². The third kappa shape index (κ3) is 4.36. The molecule has 2 aromatic rings. The van der Waals surface area contributed by atoms with Gasteiger partial charge in [0.25, 0.3) is 17.4 Å². The van der Waals surface area contributed by atoms with Crippen LogP contribution in [0, 0.1) is 0 Å². The second kappa shape index (κ2) is 8.24. The summed E-state index contributed by atoms with van der Waals surface area (Å²) in [7, 11) is 1.51. The molecule has 0 saturated carbocycles. The third-order valence-corrected chi connectivity index (χ3v) is 5.16. The summed E-state index contributed by atoms with van der Waals surface area (Å²) in [6.07, 6.45) is 0. The molecule has 0 spiro atoms. The number of nitrogens with one attached hydrogen (secondary N) is 1. The van der Waals surface area contributed by atoms with E-state index in [1.165, 1.54) is 30.5 Å². The number of thiophene rings is 1. The maximum Gasteiger partial charge on any atom is 0.271 e. The zero-order chi connectivity index (χ0) is 18.5. The van der Waals surface area contributed by atoms with Crippen LogP contribution in [-0.2, 0) is 7.05 Å². The van der Waals surface area contributed by atoms with E-state index < -0.39 is 0 Å². The summed E-state index contributed by atoms with van der Waals surface area (Å²) in [4.78, 5) is 40.5. The number of hydrogen-bond donors (Lipinski definition) is 1. The van der Waals surface area contributed by atoms with Crippen molar-refractivity contribution in [2.24, 2.45) is 7.05 Å². The molecule has 8 nitrogen and oxygen atoms in total. The largest absolute Gasteiger partial charge is 0.349 e. The van der Waals surface area contributed by atoms with Gasteiger partial charge < -0.3 is 10.2 Å². The van der Waals surface area contributed by atoms with Crippen molar-refractivity contribution in [3.8, 4) is 0 Å². The van der Waals surface area contributed by atoms with E-state index in [2.05, 4.69) is 15.3 Å². The van der Waals surface area contributed by atoms with Crippen molar-refractivity contribution < 1.29 is 9.59 Å². The van der Waals surface area contributed by atoms with Crippen LogP contribution in [0.1, 0.15) is 20.2 Å². The van der Waals surface area contributed by atoms with Crippen LogP contribution in [0.25, 0.3) is 0 Å². The van der Waals surface area contributed by atoms with Crippen LogP contribution >= 0.6 is 11.3 Å². The van der Waals surface area contributed by atoms with Gasteiger partial charge in [-0.05, 0) is 17.5 Å². The summed E-state index contributed by atoms with van der Waals surface area (Å²) >= 11 is 1.46. The highest BCUT2D eigenvalue weighted by atomic mass is 32.1. The van der Waals surface area contributed by atoms with Gasteiger partial charge in [0.05, 0.1) is 4.88 Å². The van der Waals surface area contributed by atoms with Crippen molar-refractivity contribution in [1.82, 2.24) is 24.9 Å². The minimum absolute atomic E-state index is 0.0914. The van der Waals surface area contributed by atoms with Crippen LogP contribution in [0.15, 0.2) is 34.4 Å². The van der Waals surface area contributed by atoms with Crippen molar-refractivity contribution in [1.29, 1.82) is 0 Å². The van der Waals surface area contributed by atoms with Crippen molar-refractivity contribution in [3.63, 3.8) is 0 Å². The van der Waals surface area contributed by atoms with Gasteiger partial charge in [0.15, 0.2) is 0 Å². The number of carbonyl (C=O) groups excluding carboxylic acids is 2. The molecule has 138 valence electrons. The summed E-state index contributed by atoms with van der Waals surface area (Å²) in [6, 6.07) is 6.48. The number of rotatable bonds is 5. The Bertz CT molecular complexity index is 825. The fraction of sp³-hybridized carbons (Fsp3) is 0.412. The summed E-state index contributed by atoms with van der Waals surface area (Å²) in [5, 5.41) is 8.65. The van der Waals surface area contributed by atoms with Crippen LogP contribution in [0.4, 0.5) is 0 Å². The molecule has 0 unspecified atom stereocenters. The smallest absolute Gasteiger partial charge is 0.271 e. The van der Waals surface area contributed by atoms with E-state index in [4.69, 9.17) is 0 Å². The molecule has 9 heteroatoms. The molecule has 1 N–H and O–H groups in total. The van der Waals surface area contributed by atoms with Crippen molar-refractivity contribution in [3.05, 3.63) is 50.6 Å². The van der Waals surface area contributed by atoms with Gasteiger partial charge in [-0.25, -0.2) is 4.68 Å². The SMILES string of the molecule is Cn1nc(C(=O)NCCN2CCN(C(=O)c3cccs3)CC2)ccc1=O. The number of carbonyl (C=O) groups is 2. The van der Waals surface area contributed by atoms with Crippen LogP contribution in [0.3, 0.4) is 0 Å². The fourth-order valence-electron chi connectivity index (χ4n) is 2.77. The first-order valence-corrected chi connectivity index (χ1v) is 9.30. The predicted molar refractivity (Wildman–Crippen MR) is 98.5 cm³/mol. The van der Waals surface area contributed by atoms with Crippen molar-refractivity contribution in [2.45, 2.75) is 0 Å². The van der Waals surface area contributed by atoms with Crippen LogP contribution in [-0.4, -0.2) is 70.7 Å². The van der Waals surface area contributed by atoms with Crippen molar-refractivity contribution in [2.75, 3.05) is 39.3 Å². The zero-order valence-corrected chi connectivity index (χ0v) is 15.4. The highest BCUT2D eigenvalue weighted by Crippen LogP contribution is 2.13. The van der Waals surface area contributed by atoms with Gasteiger partial charge in [-0.15, -0.1) is 11.3 Å². The Morgan fingerprint density at radius 2 is 1.96 bits per heavy atom. The molecule has 3 rings (SSSR count). The first kappa shape index (κ1) is 18.3. The number of amides is 2. The van der Waals surface area contributed by atoms with Crippen LogP contribution < -0.4 is 10.9 Å². The highest BCUT2D eigenvalue weighted by Gasteiger charge is 2.22. The number of aromatic nitrogens is 2. The lowest BCUT2D eigenvalue weighted by Gasteiger charge is -2.34. The Labute approximate surface area is 155 Å². The lowest BCUT2D eigenvalue weighted by atomic mass is 10.3. The Balaban J connectivity index is 1.41. The predicted octanol–water partition coefficient (Wildman–Crippen LogP) is 0.0296. The van der Waals surface area contributed by atoms with E-state index in [-0.39, 0.29) is 23.1 Å². The molecular formula is C17H21N5O3S. The van der Waals surface area contributed by atoms with E-state index >= 15 is 0 Å². The van der Waals surface area contributed by atoms with E-state index in [9.17, 15) is 14.4 Å². The fourth-order valence-corrected chi connectivity index (χ4v) is 3.46. The molecule has 1 aliphatic rings. The van der Waals surface area contributed by atoms with Crippen LogP contribution in [0.5, 0.6) is 0 Å². The molecule has 3 heterocycles. The lowest BCUT2D eigenvalue weighted by Crippen LogP contribution is -2.50. The number of hydrogen-bond acceptors (Lipinski definition) is 6. The molecule has 0 aliphatic carbocycles. The Kier molecular flexibility index (Phi) is 5.79. The van der Waals surface area contributed by atoms with Gasteiger partial charge >= 0.3 is 0 Å². The third-order valence-electron chi connectivity index (χ3n) is 4.30. The molecule has 1 fully saturated rings. The average Bonchev–Trinajstić information content (AvgIpc) is 3.18. The van der Waals surface area contributed by atoms with Gasteiger partial charge in [-0.3, -0.25) is 19.3 Å². The maximum absolute atomic E-state index is 12.3. The lowest BCUT2D eigenvalue weighted by molar-refractivity contribution is 0.0642. The number of aryl methyl sites for hydroxylation is 1. The second-order valence-electron chi connectivity index (χ2n) is 6.05. The van der Waals surface area contributed by atoms with Gasteiger partial charge in [0.2, 0.25) is 0 Å². The zero-order valence-electron chi connectivity index (χ0n) is 14.6. The first-order chi connectivity index (χ1) is 12.5. The standard InChI is InChI=1S/C17H21N5O3S/c1-20-15(23)5-4-13(19-20)16(24)18-6-7-21-8-10-22(11-9-21)17(25)14-3-2-12-26-14/h2-5,12H,6-11H2,1H3,(H,18,24). The Morgan fingerprint density at radius 3 is 2.62 bits per heavy atom. The number of piperazine rings is 1. The monoisotopic (exact) mass is 375 g/mol. The Hall–Kier alpha value is -2.52. The van der Waals surface area contributed by atoms with E-state index in [1.54, 1.807) is 0 Å².